The van der Waals surface area contributed by atoms with E-state index in [1.54, 1.807) is 0 Å². The largest absolute Gasteiger partial charge is 0.314 e. The predicted molar refractivity (Wildman–Crippen MR) is 86.1 cm³/mol. The molecule has 1 aromatic heterocycles. The monoisotopic (exact) mass is 284 g/mol. The fourth-order valence-electron chi connectivity index (χ4n) is 2.55. The molecule has 2 rings (SSSR count). The molecule has 0 aliphatic carbocycles. The molecular weight excluding hydrogens is 256 g/mol. The Morgan fingerprint density at radius 2 is 2.11 bits per heavy atom. The van der Waals surface area contributed by atoms with Gasteiger partial charge in [0, 0.05) is 17.9 Å². The van der Waals surface area contributed by atoms with Crippen molar-refractivity contribution in [1.82, 2.24) is 10.3 Å². The molecule has 1 N–H and O–H groups in total. The molecule has 0 bridgehead atoms. The minimum Gasteiger partial charge on any atom is -0.314 e. The van der Waals surface area contributed by atoms with E-state index in [9.17, 15) is 0 Å². The summed E-state index contributed by atoms with van der Waals surface area (Å²) in [5, 5.41) is 3.52. The van der Waals surface area contributed by atoms with E-state index in [4.69, 9.17) is 0 Å². The number of rotatable bonds is 2. The molecule has 1 aliphatic heterocycles. The number of pyridine rings is 1. The van der Waals surface area contributed by atoms with Crippen LogP contribution in [0.2, 0.25) is 0 Å². The summed E-state index contributed by atoms with van der Waals surface area (Å²) in [5.41, 5.74) is 2.50. The van der Waals surface area contributed by atoms with Gasteiger partial charge in [0.25, 0.3) is 0 Å². The van der Waals surface area contributed by atoms with Gasteiger partial charge in [0.2, 0.25) is 0 Å². The van der Waals surface area contributed by atoms with Crippen molar-refractivity contribution in [2.24, 2.45) is 5.92 Å². The van der Waals surface area contributed by atoms with Gasteiger partial charge < -0.3 is 5.32 Å². The van der Waals surface area contributed by atoms with Crippen LogP contribution in [0, 0.1) is 12.8 Å². The Morgan fingerprint density at radius 1 is 1.37 bits per heavy atom. The number of nitrogens with one attached hydrogen (secondary N) is 1. The molecule has 0 spiro atoms. The van der Waals surface area contributed by atoms with Crippen LogP contribution in [0.25, 0.3) is 0 Å². The van der Waals surface area contributed by atoms with Crippen molar-refractivity contribution in [1.29, 1.82) is 0 Å². The smallest absolute Gasteiger partial charge is 0.0429 e. The second-order valence-electron chi connectivity index (χ2n) is 5.21. The van der Waals surface area contributed by atoms with Crippen molar-refractivity contribution in [3.8, 4) is 0 Å². The Kier molecular flexibility index (Phi) is 9.90. The van der Waals surface area contributed by atoms with E-state index in [-0.39, 0.29) is 12.4 Å². The number of nitrogens with zero attached hydrogens (tertiary/aromatic N) is 1. The molecule has 0 saturated carbocycles. The molecule has 0 aromatic carbocycles. The molecule has 3 heteroatoms. The van der Waals surface area contributed by atoms with Gasteiger partial charge >= 0.3 is 0 Å². The van der Waals surface area contributed by atoms with Gasteiger partial charge in [0.15, 0.2) is 0 Å². The van der Waals surface area contributed by atoms with Gasteiger partial charge in [-0.1, -0.05) is 26.8 Å². The number of aromatic nitrogens is 1. The molecule has 1 saturated heterocycles. The molecule has 2 unspecified atom stereocenters. The van der Waals surface area contributed by atoms with E-state index in [2.05, 4.69) is 44.1 Å². The van der Waals surface area contributed by atoms with Crippen LogP contribution >= 0.6 is 12.4 Å². The number of halogens is 1. The normalized spacial score (nSPS) is 21.9. The fraction of sp³-hybridized carbons (Fsp3) is 0.688. The Labute approximate surface area is 124 Å². The molecule has 1 aliphatic rings. The third kappa shape index (κ3) is 6.40. The lowest BCUT2D eigenvalue weighted by Gasteiger charge is -2.28. The molecule has 0 radical (unpaired) electrons. The molecule has 2 nitrogen and oxygen atoms in total. The van der Waals surface area contributed by atoms with Gasteiger partial charge in [-0.2, -0.15) is 0 Å². The Bertz CT molecular complexity index is 341. The van der Waals surface area contributed by atoms with Crippen LogP contribution in [0.5, 0.6) is 0 Å². The molecular formula is C16H29ClN2. The summed E-state index contributed by atoms with van der Waals surface area (Å²) in [6.45, 7) is 10.1. The van der Waals surface area contributed by atoms with Gasteiger partial charge in [-0.3, -0.25) is 4.98 Å². The molecule has 19 heavy (non-hydrogen) atoms. The predicted octanol–water partition coefficient (Wildman–Crippen LogP) is 4.16. The van der Waals surface area contributed by atoms with E-state index in [0.717, 1.165) is 18.4 Å². The van der Waals surface area contributed by atoms with Gasteiger partial charge in [-0.25, -0.2) is 0 Å². The lowest BCUT2D eigenvalue weighted by Crippen LogP contribution is -2.39. The SMILES string of the molecule is CCC1NCCCC1C.CCc1ncccc1C.Cl. The summed E-state index contributed by atoms with van der Waals surface area (Å²) in [6.07, 6.45) is 6.96. The van der Waals surface area contributed by atoms with E-state index >= 15 is 0 Å². The highest BCUT2D eigenvalue weighted by molar-refractivity contribution is 5.85. The van der Waals surface area contributed by atoms with Crippen molar-refractivity contribution >= 4 is 12.4 Å². The highest BCUT2D eigenvalue weighted by Crippen LogP contribution is 2.16. The second kappa shape index (κ2) is 10.2. The van der Waals surface area contributed by atoms with Crippen LogP contribution in [-0.4, -0.2) is 17.6 Å². The van der Waals surface area contributed by atoms with Crippen LogP contribution in [0.15, 0.2) is 18.3 Å². The van der Waals surface area contributed by atoms with Crippen LogP contribution in [-0.2, 0) is 6.42 Å². The van der Waals surface area contributed by atoms with Crippen molar-refractivity contribution in [2.75, 3.05) is 6.54 Å². The lowest BCUT2D eigenvalue weighted by atomic mass is 9.91. The maximum atomic E-state index is 4.20. The number of aryl methyl sites for hydroxylation is 2. The van der Waals surface area contributed by atoms with E-state index < -0.39 is 0 Å². The summed E-state index contributed by atoms with van der Waals surface area (Å²) in [6, 6.07) is 4.86. The number of hydrogen-bond acceptors (Lipinski definition) is 2. The summed E-state index contributed by atoms with van der Waals surface area (Å²) < 4.78 is 0. The summed E-state index contributed by atoms with van der Waals surface area (Å²) in [7, 11) is 0. The quantitative estimate of drug-likeness (QED) is 0.882. The topological polar surface area (TPSA) is 24.9 Å². The van der Waals surface area contributed by atoms with Crippen molar-refractivity contribution < 1.29 is 0 Å². The molecule has 1 aromatic rings. The third-order valence-corrected chi connectivity index (χ3v) is 3.82. The molecule has 1 fully saturated rings. The van der Waals surface area contributed by atoms with Crippen molar-refractivity contribution in [3.05, 3.63) is 29.6 Å². The molecule has 110 valence electrons. The maximum Gasteiger partial charge on any atom is 0.0429 e. The number of hydrogen-bond donors (Lipinski definition) is 1. The first kappa shape index (κ1) is 18.4. The van der Waals surface area contributed by atoms with Crippen LogP contribution in [0.1, 0.15) is 51.3 Å². The zero-order valence-corrected chi connectivity index (χ0v) is 13.6. The van der Waals surface area contributed by atoms with E-state index in [1.165, 1.54) is 37.1 Å². The van der Waals surface area contributed by atoms with Gasteiger partial charge in [-0.05, 0) is 56.7 Å². The standard InChI is InChI=1S/C8H17N.C8H11N.ClH/c2*1-3-8-7(2)5-4-6-9-8;/h7-9H,3-6H2,1-2H3;4-6H,3H2,1-2H3;1H. The summed E-state index contributed by atoms with van der Waals surface area (Å²) >= 11 is 0. The average Bonchev–Trinajstić information content (AvgIpc) is 2.41. The van der Waals surface area contributed by atoms with E-state index in [0.29, 0.717) is 0 Å². The molecule has 2 atom stereocenters. The first-order valence-corrected chi connectivity index (χ1v) is 7.32. The summed E-state index contributed by atoms with van der Waals surface area (Å²) in [5.74, 6) is 0.906. The third-order valence-electron chi connectivity index (χ3n) is 3.82. The second-order valence-corrected chi connectivity index (χ2v) is 5.21. The van der Waals surface area contributed by atoms with Crippen molar-refractivity contribution in [3.63, 3.8) is 0 Å². The van der Waals surface area contributed by atoms with Crippen LogP contribution in [0.3, 0.4) is 0 Å². The van der Waals surface area contributed by atoms with Crippen molar-refractivity contribution in [2.45, 2.75) is 59.4 Å². The Balaban J connectivity index is 0.000000324. The highest BCUT2D eigenvalue weighted by Gasteiger charge is 2.17. The molecule has 0 amide bonds. The first-order valence-electron chi connectivity index (χ1n) is 7.32. The minimum atomic E-state index is 0. The lowest BCUT2D eigenvalue weighted by molar-refractivity contribution is 0.293. The molecule has 2 heterocycles. The Hall–Kier alpha value is -0.600. The average molecular weight is 285 g/mol. The van der Waals surface area contributed by atoms with E-state index in [1.807, 2.05) is 12.3 Å². The zero-order chi connectivity index (χ0) is 13.4. The first-order chi connectivity index (χ1) is 8.69. The maximum absolute atomic E-state index is 4.20. The Morgan fingerprint density at radius 3 is 2.53 bits per heavy atom. The number of piperidine rings is 1. The highest BCUT2D eigenvalue weighted by atomic mass is 35.5. The van der Waals surface area contributed by atoms with Crippen LogP contribution in [0.4, 0.5) is 0 Å². The van der Waals surface area contributed by atoms with Crippen LogP contribution < -0.4 is 5.32 Å². The zero-order valence-electron chi connectivity index (χ0n) is 12.8. The van der Waals surface area contributed by atoms with Gasteiger partial charge in [0.05, 0.1) is 0 Å². The van der Waals surface area contributed by atoms with Gasteiger partial charge in [-0.15, -0.1) is 12.4 Å². The summed E-state index contributed by atoms with van der Waals surface area (Å²) in [4.78, 5) is 4.20. The minimum absolute atomic E-state index is 0. The fourth-order valence-corrected chi connectivity index (χ4v) is 2.55. The van der Waals surface area contributed by atoms with Gasteiger partial charge in [0.1, 0.15) is 0 Å².